The average molecular weight is 360 g/mol. The maximum atomic E-state index is 12.1. The van der Waals surface area contributed by atoms with Crippen LogP contribution in [0.25, 0.3) is 0 Å². The average Bonchev–Trinajstić information content (AvgIpc) is 2.75. The summed E-state index contributed by atoms with van der Waals surface area (Å²) in [6.07, 6.45) is 1.63. The highest BCUT2D eigenvalue weighted by Crippen LogP contribution is 2.18. The molecule has 0 spiro atoms. The van der Waals surface area contributed by atoms with Gasteiger partial charge in [0.1, 0.15) is 0 Å². The fourth-order valence-corrected chi connectivity index (χ4v) is 4.63. The van der Waals surface area contributed by atoms with Crippen molar-refractivity contribution in [3.05, 3.63) is 34.3 Å². The lowest BCUT2D eigenvalue weighted by Gasteiger charge is -2.23. The van der Waals surface area contributed by atoms with E-state index < -0.39 is 9.84 Å². The number of rotatable bonds is 4. The maximum Gasteiger partial charge on any atom is 0.222 e. The van der Waals surface area contributed by atoms with Gasteiger partial charge in [-0.15, -0.1) is 0 Å². The summed E-state index contributed by atoms with van der Waals surface area (Å²) in [6.45, 7) is 0. The van der Waals surface area contributed by atoms with Crippen molar-refractivity contribution in [2.75, 3.05) is 18.6 Å². The predicted octanol–water partition coefficient (Wildman–Crippen LogP) is 2.03. The Bertz CT molecular complexity index is 600. The first kappa shape index (κ1) is 15.5. The molecule has 1 amide bonds. The van der Waals surface area contributed by atoms with Crippen molar-refractivity contribution in [1.29, 1.82) is 0 Å². The van der Waals surface area contributed by atoms with E-state index in [0.717, 1.165) is 10.0 Å². The fraction of sp³-hybridized carbons (Fsp3) is 0.500. The van der Waals surface area contributed by atoms with E-state index in [9.17, 15) is 13.2 Å². The quantitative estimate of drug-likeness (QED) is 0.826. The number of aryl methyl sites for hydroxylation is 1. The highest BCUT2D eigenvalue weighted by Gasteiger charge is 2.32. The molecule has 1 aromatic rings. The van der Waals surface area contributed by atoms with Crippen LogP contribution in [0.1, 0.15) is 18.4 Å². The molecular weight excluding hydrogens is 342 g/mol. The Balaban J connectivity index is 1.89. The molecule has 1 saturated heterocycles. The molecule has 2 rings (SSSR count). The molecule has 1 atom stereocenters. The zero-order chi connectivity index (χ0) is 14.8. The van der Waals surface area contributed by atoms with E-state index in [4.69, 9.17) is 0 Å². The number of nitrogens with zero attached hydrogens (tertiary/aromatic N) is 1. The number of carbonyl (C=O) groups is 1. The van der Waals surface area contributed by atoms with Crippen LogP contribution in [0.5, 0.6) is 0 Å². The second-order valence-corrected chi connectivity index (χ2v) is 8.34. The number of carbonyl (C=O) groups excluding carboxylic acids is 1. The Morgan fingerprint density at radius 1 is 1.45 bits per heavy atom. The molecule has 1 fully saturated rings. The van der Waals surface area contributed by atoms with Gasteiger partial charge in [-0.2, -0.15) is 0 Å². The smallest absolute Gasteiger partial charge is 0.222 e. The normalized spacial score (nSPS) is 20.8. The lowest BCUT2D eigenvalue weighted by molar-refractivity contribution is -0.131. The number of hydrogen-bond acceptors (Lipinski definition) is 3. The van der Waals surface area contributed by atoms with E-state index in [0.29, 0.717) is 19.3 Å². The Kier molecular flexibility index (Phi) is 4.86. The molecular formula is C14H18BrNO3S. The van der Waals surface area contributed by atoms with Crippen LogP contribution in [-0.2, 0) is 21.1 Å². The van der Waals surface area contributed by atoms with Crippen LogP contribution in [-0.4, -0.2) is 43.8 Å². The van der Waals surface area contributed by atoms with E-state index >= 15 is 0 Å². The molecule has 4 nitrogen and oxygen atoms in total. The Labute approximate surface area is 128 Å². The number of amides is 1. The molecule has 1 heterocycles. The molecule has 1 aromatic carbocycles. The van der Waals surface area contributed by atoms with Crippen molar-refractivity contribution in [3.63, 3.8) is 0 Å². The summed E-state index contributed by atoms with van der Waals surface area (Å²) < 4.78 is 23.9. The van der Waals surface area contributed by atoms with Crippen molar-refractivity contribution >= 4 is 31.7 Å². The summed E-state index contributed by atoms with van der Waals surface area (Å²) in [4.78, 5) is 13.7. The number of hydrogen-bond donors (Lipinski definition) is 0. The largest absolute Gasteiger partial charge is 0.342 e. The molecule has 0 aromatic heterocycles. The van der Waals surface area contributed by atoms with Crippen LogP contribution in [0.15, 0.2) is 28.7 Å². The number of benzene rings is 1. The van der Waals surface area contributed by atoms with E-state index in [-0.39, 0.29) is 23.5 Å². The van der Waals surface area contributed by atoms with Crippen molar-refractivity contribution in [3.8, 4) is 0 Å². The van der Waals surface area contributed by atoms with Crippen molar-refractivity contribution < 1.29 is 13.2 Å². The van der Waals surface area contributed by atoms with E-state index in [1.54, 1.807) is 11.9 Å². The van der Waals surface area contributed by atoms with Crippen LogP contribution < -0.4 is 0 Å². The van der Waals surface area contributed by atoms with Crippen molar-refractivity contribution in [2.24, 2.45) is 0 Å². The summed E-state index contributed by atoms with van der Waals surface area (Å²) in [6, 6.07) is 7.71. The first-order valence-electron chi connectivity index (χ1n) is 6.58. The minimum absolute atomic E-state index is 0.00655. The molecule has 1 unspecified atom stereocenters. The van der Waals surface area contributed by atoms with Crippen LogP contribution in [0.2, 0.25) is 0 Å². The van der Waals surface area contributed by atoms with Gasteiger partial charge >= 0.3 is 0 Å². The Hall–Kier alpha value is -0.880. The SMILES string of the molecule is CN(C(=O)CCc1cccc(Br)c1)C1CCS(=O)(=O)C1. The molecule has 1 aliphatic rings. The Morgan fingerprint density at radius 2 is 2.20 bits per heavy atom. The van der Waals surface area contributed by atoms with E-state index in [1.165, 1.54) is 0 Å². The zero-order valence-corrected chi connectivity index (χ0v) is 13.8. The third kappa shape index (κ3) is 4.06. The molecule has 1 aliphatic heterocycles. The van der Waals surface area contributed by atoms with Gasteiger partial charge < -0.3 is 4.90 Å². The van der Waals surface area contributed by atoms with Gasteiger partial charge in [0.2, 0.25) is 5.91 Å². The zero-order valence-electron chi connectivity index (χ0n) is 11.4. The second kappa shape index (κ2) is 6.26. The fourth-order valence-electron chi connectivity index (χ4n) is 2.40. The topological polar surface area (TPSA) is 54.5 Å². The van der Waals surface area contributed by atoms with E-state index in [2.05, 4.69) is 15.9 Å². The van der Waals surface area contributed by atoms with Crippen LogP contribution in [0.3, 0.4) is 0 Å². The molecule has 0 radical (unpaired) electrons. The van der Waals surface area contributed by atoms with Gasteiger partial charge in [-0.05, 0) is 30.5 Å². The van der Waals surface area contributed by atoms with Gasteiger partial charge in [-0.1, -0.05) is 28.1 Å². The molecule has 0 bridgehead atoms. The maximum absolute atomic E-state index is 12.1. The summed E-state index contributed by atoms with van der Waals surface area (Å²) in [5.41, 5.74) is 1.10. The van der Waals surface area contributed by atoms with Crippen molar-refractivity contribution in [2.45, 2.75) is 25.3 Å². The first-order chi connectivity index (χ1) is 9.37. The minimum Gasteiger partial charge on any atom is -0.342 e. The third-order valence-electron chi connectivity index (χ3n) is 3.67. The van der Waals surface area contributed by atoms with Gasteiger partial charge in [-0.3, -0.25) is 4.79 Å². The van der Waals surface area contributed by atoms with Gasteiger partial charge in [0.25, 0.3) is 0 Å². The Morgan fingerprint density at radius 3 is 2.80 bits per heavy atom. The van der Waals surface area contributed by atoms with Gasteiger partial charge in [0, 0.05) is 24.0 Å². The van der Waals surface area contributed by atoms with Gasteiger partial charge in [-0.25, -0.2) is 8.42 Å². The lowest BCUT2D eigenvalue weighted by atomic mass is 10.1. The second-order valence-electron chi connectivity index (χ2n) is 5.19. The third-order valence-corrected chi connectivity index (χ3v) is 5.91. The highest BCUT2D eigenvalue weighted by atomic mass is 79.9. The standard InChI is InChI=1S/C14H18BrNO3S/c1-16(13-7-8-20(18,19)10-13)14(17)6-5-11-3-2-4-12(15)9-11/h2-4,9,13H,5-8,10H2,1H3. The van der Waals surface area contributed by atoms with Gasteiger partial charge in [0.05, 0.1) is 11.5 Å². The highest BCUT2D eigenvalue weighted by molar-refractivity contribution is 9.10. The van der Waals surface area contributed by atoms with Crippen LogP contribution in [0, 0.1) is 0 Å². The number of halogens is 1. The lowest BCUT2D eigenvalue weighted by Crippen LogP contribution is -2.37. The molecule has 6 heteroatoms. The number of sulfone groups is 1. The predicted molar refractivity (Wildman–Crippen MR) is 82.3 cm³/mol. The van der Waals surface area contributed by atoms with Crippen molar-refractivity contribution in [1.82, 2.24) is 4.90 Å². The van der Waals surface area contributed by atoms with Crippen LogP contribution in [0.4, 0.5) is 0 Å². The van der Waals surface area contributed by atoms with Crippen LogP contribution >= 0.6 is 15.9 Å². The molecule has 110 valence electrons. The molecule has 0 N–H and O–H groups in total. The summed E-state index contributed by atoms with van der Waals surface area (Å²) in [5.74, 6) is 0.305. The monoisotopic (exact) mass is 359 g/mol. The summed E-state index contributed by atoms with van der Waals surface area (Å²) in [7, 11) is -1.24. The van der Waals surface area contributed by atoms with Gasteiger partial charge in [0.15, 0.2) is 9.84 Å². The summed E-state index contributed by atoms with van der Waals surface area (Å²) in [5, 5.41) is 0. The van der Waals surface area contributed by atoms with E-state index in [1.807, 2.05) is 24.3 Å². The molecule has 20 heavy (non-hydrogen) atoms. The molecule has 0 aliphatic carbocycles. The summed E-state index contributed by atoms with van der Waals surface area (Å²) >= 11 is 3.40. The first-order valence-corrected chi connectivity index (χ1v) is 9.19. The molecule has 0 saturated carbocycles. The minimum atomic E-state index is -2.95.